The van der Waals surface area contributed by atoms with E-state index in [1.807, 2.05) is 14.1 Å². The summed E-state index contributed by atoms with van der Waals surface area (Å²) in [5.41, 5.74) is 3.92. The smallest absolute Gasteiger partial charge is 0.278 e. The van der Waals surface area contributed by atoms with Gasteiger partial charge in [0.2, 0.25) is 0 Å². The predicted molar refractivity (Wildman–Crippen MR) is 110 cm³/mol. The van der Waals surface area contributed by atoms with Crippen LogP contribution in [0.3, 0.4) is 0 Å². The maximum absolute atomic E-state index is 13.1. The zero-order valence-electron chi connectivity index (χ0n) is 15.7. The molecule has 0 saturated heterocycles. The number of fused-ring (bicyclic) bond motifs is 1. The van der Waals surface area contributed by atoms with Crippen molar-refractivity contribution in [3.8, 4) is 0 Å². The van der Waals surface area contributed by atoms with Crippen LogP contribution in [0.1, 0.15) is 21.6 Å². The fourth-order valence-corrected chi connectivity index (χ4v) is 3.69. The van der Waals surface area contributed by atoms with Crippen molar-refractivity contribution in [3.05, 3.63) is 41.2 Å². The van der Waals surface area contributed by atoms with Crippen LogP contribution in [-0.2, 0) is 7.05 Å². The van der Waals surface area contributed by atoms with E-state index < -0.39 is 0 Å². The van der Waals surface area contributed by atoms with Crippen LogP contribution in [0.4, 0.5) is 5.13 Å². The average Bonchev–Trinajstić information content (AvgIpc) is 3.17. The molecule has 0 bridgehead atoms. The highest BCUT2D eigenvalue weighted by molar-refractivity contribution is 7.22. The van der Waals surface area contributed by atoms with Crippen LogP contribution >= 0.6 is 23.7 Å². The van der Waals surface area contributed by atoms with Crippen LogP contribution in [0.2, 0.25) is 0 Å². The molecule has 140 valence electrons. The Morgan fingerprint density at radius 2 is 1.92 bits per heavy atom. The Labute approximate surface area is 163 Å². The number of carbonyl (C=O) groups is 1. The molecule has 2 aromatic heterocycles. The average molecular weight is 394 g/mol. The predicted octanol–water partition coefficient (Wildman–Crippen LogP) is 3.28. The second kappa shape index (κ2) is 8.16. The van der Waals surface area contributed by atoms with Gasteiger partial charge in [-0.15, -0.1) is 12.4 Å². The highest BCUT2D eigenvalue weighted by atomic mass is 35.5. The van der Waals surface area contributed by atoms with Crippen molar-refractivity contribution in [1.82, 2.24) is 19.7 Å². The Morgan fingerprint density at radius 1 is 1.19 bits per heavy atom. The van der Waals surface area contributed by atoms with Crippen molar-refractivity contribution in [3.63, 3.8) is 0 Å². The highest BCUT2D eigenvalue weighted by Crippen LogP contribution is 2.32. The van der Waals surface area contributed by atoms with Crippen molar-refractivity contribution in [2.45, 2.75) is 13.8 Å². The van der Waals surface area contributed by atoms with E-state index in [-0.39, 0.29) is 18.3 Å². The molecule has 1 aromatic carbocycles. The van der Waals surface area contributed by atoms with Gasteiger partial charge in [-0.05, 0) is 51.2 Å². The summed E-state index contributed by atoms with van der Waals surface area (Å²) in [4.78, 5) is 21.7. The third-order valence-electron chi connectivity index (χ3n) is 4.36. The van der Waals surface area contributed by atoms with Gasteiger partial charge >= 0.3 is 0 Å². The zero-order chi connectivity index (χ0) is 18.1. The lowest BCUT2D eigenvalue weighted by Crippen LogP contribution is -2.37. The molecule has 0 aliphatic heterocycles. The second-order valence-electron chi connectivity index (χ2n) is 6.45. The van der Waals surface area contributed by atoms with Gasteiger partial charge in [0.25, 0.3) is 5.91 Å². The van der Waals surface area contributed by atoms with Gasteiger partial charge in [-0.2, -0.15) is 5.10 Å². The second-order valence-corrected chi connectivity index (χ2v) is 7.46. The van der Waals surface area contributed by atoms with E-state index in [9.17, 15) is 4.79 Å². The molecule has 6 nitrogen and oxygen atoms in total. The van der Waals surface area contributed by atoms with Crippen molar-refractivity contribution < 1.29 is 4.79 Å². The first-order valence-corrected chi connectivity index (χ1v) is 9.01. The molecule has 8 heteroatoms. The molecule has 0 aliphatic carbocycles. The number of nitrogens with zero attached hydrogens (tertiary/aromatic N) is 5. The van der Waals surface area contributed by atoms with Crippen LogP contribution in [0.25, 0.3) is 10.2 Å². The van der Waals surface area contributed by atoms with E-state index in [0.29, 0.717) is 12.2 Å². The molecule has 0 N–H and O–H groups in total. The molecular formula is C18H24ClN5OS. The summed E-state index contributed by atoms with van der Waals surface area (Å²) >= 11 is 1.56. The minimum absolute atomic E-state index is 0. The molecule has 1 amide bonds. The van der Waals surface area contributed by atoms with E-state index in [0.717, 1.165) is 21.9 Å². The van der Waals surface area contributed by atoms with Gasteiger partial charge in [0.05, 0.1) is 10.2 Å². The number of aromatic nitrogens is 3. The first-order chi connectivity index (χ1) is 11.9. The molecular weight excluding hydrogens is 370 g/mol. The van der Waals surface area contributed by atoms with Crippen molar-refractivity contribution in [2.75, 3.05) is 32.1 Å². The lowest BCUT2D eigenvalue weighted by molar-refractivity contribution is 0.0976. The van der Waals surface area contributed by atoms with E-state index in [4.69, 9.17) is 4.98 Å². The molecule has 26 heavy (non-hydrogen) atoms. The van der Waals surface area contributed by atoms with Gasteiger partial charge in [-0.3, -0.25) is 14.4 Å². The number of amides is 1. The number of benzene rings is 1. The quantitative estimate of drug-likeness (QED) is 0.667. The summed E-state index contributed by atoms with van der Waals surface area (Å²) < 4.78 is 2.71. The number of anilines is 1. The maximum atomic E-state index is 13.1. The number of thiazole rings is 1. The van der Waals surface area contributed by atoms with Crippen molar-refractivity contribution >= 4 is 45.0 Å². The highest BCUT2D eigenvalue weighted by Gasteiger charge is 2.24. The Balaban J connectivity index is 0.00000243. The van der Waals surface area contributed by atoms with Crippen LogP contribution in [0, 0.1) is 13.8 Å². The van der Waals surface area contributed by atoms with Gasteiger partial charge in [-0.1, -0.05) is 17.4 Å². The van der Waals surface area contributed by atoms with Crippen LogP contribution in [-0.4, -0.2) is 52.8 Å². The molecule has 0 radical (unpaired) electrons. The number of hydrogen-bond donors (Lipinski definition) is 0. The Morgan fingerprint density at radius 3 is 2.54 bits per heavy atom. The topological polar surface area (TPSA) is 54.3 Å². The number of carbonyl (C=O) groups excluding carboxylic acids is 1. The molecule has 3 aromatic rings. The minimum Gasteiger partial charge on any atom is -0.308 e. The van der Waals surface area contributed by atoms with Crippen molar-refractivity contribution in [1.29, 1.82) is 0 Å². The zero-order valence-corrected chi connectivity index (χ0v) is 17.3. The molecule has 0 saturated carbocycles. The Kier molecular flexibility index (Phi) is 6.39. The van der Waals surface area contributed by atoms with Gasteiger partial charge in [0.1, 0.15) is 5.69 Å². The molecule has 0 spiro atoms. The summed E-state index contributed by atoms with van der Waals surface area (Å²) in [6, 6.07) is 5.93. The molecule has 0 aliphatic rings. The summed E-state index contributed by atoms with van der Waals surface area (Å²) in [6.45, 7) is 5.50. The first kappa shape index (κ1) is 20.4. The maximum Gasteiger partial charge on any atom is 0.278 e. The molecule has 0 fully saturated rings. The van der Waals surface area contributed by atoms with Crippen LogP contribution in [0.5, 0.6) is 0 Å². The number of hydrogen-bond acceptors (Lipinski definition) is 5. The summed E-state index contributed by atoms with van der Waals surface area (Å²) in [5.74, 6) is -0.0738. The summed E-state index contributed by atoms with van der Waals surface area (Å²) in [7, 11) is 5.78. The first-order valence-electron chi connectivity index (χ1n) is 8.20. The number of halogens is 1. The largest absolute Gasteiger partial charge is 0.308 e. The van der Waals surface area contributed by atoms with Gasteiger partial charge in [0.15, 0.2) is 5.13 Å². The van der Waals surface area contributed by atoms with Gasteiger partial charge < -0.3 is 4.90 Å². The SMILES string of the molecule is Cc1ccc2sc(N(CCN(C)C)C(=O)c3ccnn3C)nc2c1C.Cl. The lowest BCUT2D eigenvalue weighted by Gasteiger charge is -2.21. The number of likely N-dealkylation sites (N-methyl/N-ethyl adjacent to an activating group) is 1. The minimum atomic E-state index is -0.0738. The Hall–Kier alpha value is -1.96. The fourth-order valence-electron chi connectivity index (χ4n) is 2.64. The van der Waals surface area contributed by atoms with Crippen LogP contribution < -0.4 is 4.90 Å². The third-order valence-corrected chi connectivity index (χ3v) is 5.40. The standard InChI is InChI=1S/C18H23N5OS.ClH/c1-12-6-7-15-16(13(12)2)20-18(25-15)23(11-10-21(3)4)17(24)14-8-9-19-22(14)5;/h6-9H,10-11H2,1-5H3;1H. The normalized spacial score (nSPS) is 11.0. The van der Waals surface area contributed by atoms with E-state index in [2.05, 4.69) is 36.0 Å². The summed E-state index contributed by atoms with van der Waals surface area (Å²) in [5, 5.41) is 4.85. The monoisotopic (exact) mass is 393 g/mol. The van der Waals surface area contributed by atoms with Crippen LogP contribution in [0.15, 0.2) is 24.4 Å². The van der Waals surface area contributed by atoms with E-state index >= 15 is 0 Å². The fraction of sp³-hybridized carbons (Fsp3) is 0.389. The molecule has 0 atom stereocenters. The van der Waals surface area contributed by atoms with Gasteiger partial charge in [0, 0.05) is 26.3 Å². The van der Waals surface area contributed by atoms with Gasteiger partial charge in [-0.25, -0.2) is 4.98 Å². The van der Waals surface area contributed by atoms with E-state index in [1.54, 1.807) is 40.2 Å². The summed E-state index contributed by atoms with van der Waals surface area (Å²) in [6.07, 6.45) is 1.64. The van der Waals surface area contributed by atoms with Crippen molar-refractivity contribution in [2.24, 2.45) is 7.05 Å². The molecule has 2 heterocycles. The van der Waals surface area contributed by atoms with E-state index in [1.165, 1.54) is 11.1 Å². The third kappa shape index (κ3) is 3.90. The number of aryl methyl sites for hydroxylation is 3. The Bertz CT molecular complexity index is 918. The molecule has 0 unspecified atom stereocenters. The number of rotatable bonds is 5. The molecule has 3 rings (SSSR count). The lowest BCUT2D eigenvalue weighted by atomic mass is 10.1.